The minimum Gasteiger partial charge on any atom is -0.493 e. The van der Waals surface area contributed by atoms with Crippen molar-refractivity contribution in [2.45, 2.75) is 26.2 Å². The molecule has 0 bridgehead atoms. The maximum Gasteiger partial charge on any atom is 0.352 e. The number of nitrogens with one attached hydrogen (secondary N) is 1. The first-order valence-electron chi connectivity index (χ1n) is 14.6. The average molecular weight is 562 g/mol. The van der Waals surface area contributed by atoms with E-state index in [0.717, 1.165) is 62.9 Å². The summed E-state index contributed by atoms with van der Waals surface area (Å²) in [5.41, 5.74) is 4.95. The lowest BCUT2D eigenvalue weighted by Gasteiger charge is -2.37. The number of H-pyrrole nitrogens is 1. The Morgan fingerprint density at radius 2 is 1.52 bits per heavy atom. The Labute approximate surface area is 245 Å². The van der Waals surface area contributed by atoms with E-state index in [4.69, 9.17) is 4.74 Å². The second-order valence-electron chi connectivity index (χ2n) is 10.7. The molecule has 4 aromatic carbocycles. The van der Waals surface area contributed by atoms with Crippen LogP contribution in [0.4, 0.5) is 5.69 Å². The summed E-state index contributed by atoms with van der Waals surface area (Å²) in [4.78, 5) is 32.1. The summed E-state index contributed by atoms with van der Waals surface area (Å²) in [7, 11) is 0. The fourth-order valence-electron chi connectivity index (χ4n) is 6.09. The molecule has 1 saturated heterocycles. The minimum atomic E-state index is -0.966. The third-order valence-corrected chi connectivity index (χ3v) is 8.20. The molecule has 1 fully saturated rings. The largest absolute Gasteiger partial charge is 0.493 e. The van der Waals surface area contributed by atoms with Crippen LogP contribution in [-0.4, -0.2) is 59.7 Å². The van der Waals surface area contributed by atoms with E-state index in [9.17, 15) is 14.7 Å². The van der Waals surface area contributed by atoms with Gasteiger partial charge in [0, 0.05) is 60.2 Å². The van der Waals surface area contributed by atoms with Crippen LogP contribution in [-0.2, 0) is 11.2 Å². The van der Waals surface area contributed by atoms with Gasteiger partial charge < -0.3 is 24.6 Å². The number of ether oxygens (including phenoxy) is 1. The van der Waals surface area contributed by atoms with Gasteiger partial charge in [-0.3, -0.25) is 4.79 Å². The maximum absolute atomic E-state index is 12.4. The van der Waals surface area contributed by atoms with Gasteiger partial charge in [-0.15, -0.1) is 0 Å². The molecule has 5 aromatic rings. The molecule has 6 rings (SSSR count). The smallest absolute Gasteiger partial charge is 0.352 e. The van der Waals surface area contributed by atoms with Crippen molar-refractivity contribution in [2.75, 3.05) is 37.7 Å². The summed E-state index contributed by atoms with van der Waals surface area (Å²) in [5, 5.41) is 13.2. The molecule has 1 aliphatic heterocycles. The van der Waals surface area contributed by atoms with E-state index in [1.807, 2.05) is 66.4 Å². The number of fused-ring (bicyclic) bond motifs is 2. The number of hydrogen-bond donors (Lipinski definition) is 2. The Bertz CT molecular complexity index is 1750. The molecule has 0 spiro atoms. The first kappa shape index (κ1) is 27.4. The second-order valence-corrected chi connectivity index (χ2v) is 10.7. The number of amides is 1. The van der Waals surface area contributed by atoms with Gasteiger partial charge in [-0.1, -0.05) is 79.7 Å². The SMILES string of the molecule is CCC(=O)N1CCN(c2ccccc2-c2cccc3c(CCCOc4cccc5ccccc45)c(C(=O)O)[nH]c23)CC1. The first-order chi connectivity index (χ1) is 20.5. The number of carbonyl (C=O) groups is 2. The zero-order chi connectivity index (χ0) is 29.1. The molecule has 214 valence electrons. The first-order valence-corrected chi connectivity index (χ1v) is 14.6. The van der Waals surface area contributed by atoms with E-state index >= 15 is 0 Å². The van der Waals surface area contributed by atoms with Crippen LogP contribution in [0.1, 0.15) is 35.8 Å². The van der Waals surface area contributed by atoms with Gasteiger partial charge in [0.15, 0.2) is 0 Å². The quantitative estimate of drug-likeness (QED) is 0.194. The lowest BCUT2D eigenvalue weighted by molar-refractivity contribution is -0.131. The van der Waals surface area contributed by atoms with E-state index in [1.165, 1.54) is 0 Å². The van der Waals surface area contributed by atoms with Crippen molar-refractivity contribution in [1.82, 2.24) is 9.88 Å². The Morgan fingerprint density at radius 3 is 2.33 bits per heavy atom. The third kappa shape index (κ3) is 5.30. The van der Waals surface area contributed by atoms with E-state index in [-0.39, 0.29) is 11.6 Å². The van der Waals surface area contributed by atoms with Gasteiger partial charge in [0.05, 0.1) is 12.1 Å². The molecule has 0 aliphatic carbocycles. The summed E-state index contributed by atoms with van der Waals surface area (Å²) in [6.07, 6.45) is 1.78. The predicted molar refractivity (Wildman–Crippen MR) is 168 cm³/mol. The molecule has 1 amide bonds. The zero-order valence-electron chi connectivity index (χ0n) is 23.8. The number of carbonyl (C=O) groups excluding carboxylic acids is 1. The average Bonchev–Trinajstić information content (AvgIpc) is 3.42. The molecule has 7 nitrogen and oxygen atoms in total. The number of aromatic nitrogens is 1. The monoisotopic (exact) mass is 561 g/mol. The third-order valence-electron chi connectivity index (χ3n) is 8.20. The lowest BCUT2D eigenvalue weighted by atomic mass is 9.98. The Kier molecular flexibility index (Phi) is 7.82. The van der Waals surface area contributed by atoms with Crippen LogP contribution < -0.4 is 9.64 Å². The fraction of sp³-hybridized carbons (Fsp3) is 0.257. The van der Waals surface area contributed by atoms with Crippen LogP contribution in [0.15, 0.2) is 84.9 Å². The van der Waals surface area contributed by atoms with Crippen molar-refractivity contribution in [3.63, 3.8) is 0 Å². The van der Waals surface area contributed by atoms with Gasteiger partial charge in [0.2, 0.25) is 5.91 Å². The number of hydrogen-bond acceptors (Lipinski definition) is 4. The van der Waals surface area contributed by atoms with Crippen LogP contribution in [0, 0.1) is 0 Å². The van der Waals surface area contributed by atoms with Crippen LogP contribution in [0.2, 0.25) is 0 Å². The number of piperazine rings is 1. The second kappa shape index (κ2) is 12.0. The molecule has 0 radical (unpaired) electrons. The predicted octanol–water partition coefficient (Wildman–Crippen LogP) is 6.76. The molecular weight excluding hydrogens is 526 g/mol. The minimum absolute atomic E-state index is 0.190. The molecule has 0 saturated carbocycles. The van der Waals surface area contributed by atoms with Gasteiger partial charge in [-0.05, 0) is 35.9 Å². The van der Waals surface area contributed by atoms with Crippen LogP contribution in [0.25, 0.3) is 32.8 Å². The van der Waals surface area contributed by atoms with Gasteiger partial charge in [-0.25, -0.2) is 4.79 Å². The van der Waals surface area contributed by atoms with Crippen molar-refractivity contribution in [1.29, 1.82) is 0 Å². The maximum atomic E-state index is 12.4. The molecule has 0 atom stereocenters. The lowest BCUT2D eigenvalue weighted by Crippen LogP contribution is -2.48. The van der Waals surface area contributed by atoms with Crippen LogP contribution in [0.5, 0.6) is 5.75 Å². The molecule has 1 aliphatic rings. The highest BCUT2D eigenvalue weighted by molar-refractivity contribution is 6.04. The number of carboxylic acid groups (broad SMARTS) is 1. The number of carboxylic acids is 1. The number of nitrogens with zero attached hydrogens (tertiary/aromatic N) is 2. The summed E-state index contributed by atoms with van der Waals surface area (Å²) >= 11 is 0. The number of anilines is 1. The summed E-state index contributed by atoms with van der Waals surface area (Å²) < 4.78 is 6.15. The number of para-hydroxylation sites is 2. The van der Waals surface area contributed by atoms with E-state index in [0.29, 0.717) is 39.0 Å². The van der Waals surface area contributed by atoms with Gasteiger partial charge in [0.25, 0.3) is 0 Å². The summed E-state index contributed by atoms with van der Waals surface area (Å²) in [6.45, 7) is 5.29. The molecule has 7 heteroatoms. The summed E-state index contributed by atoms with van der Waals surface area (Å²) in [5.74, 6) is 0.0618. The number of aromatic amines is 1. The Balaban J connectivity index is 1.26. The summed E-state index contributed by atoms with van der Waals surface area (Å²) in [6, 6.07) is 28.5. The van der Waals surface area contributed by atoms with Gasteiger partial charge in [-0.2, -0.15) is 0 Å². The van der Waals surface area contributed by atoms with Crippen molar-refractivity contribution in [3.8, 4) is 16.9 Å². The van der Waals surface area contributed by atoms with Crippen molar-refractivity contribution in [2.24, 2.45) is 0 Å². The number of rotatable bonds is 9. The molecule has 42 heavy (non-hydrogen) atoms. The fourth-order valence-corrected chi connectivity index (χ4v) is 6.09. The zero-order valence-corrected chi connectivity index (χ0v) is 23.8. The van der Waals surface area contributed by atoms with E-state index in [1.54, 1.807) is 0 Å². The van der Waals surface area contributed by atoms with Gasteiger partial charge >= 0.3 is 5.97 Å². The topological polar surface area (TPSA) is 85.9 Å². The van der Waals surface area contributed by atoms with Gasteiger partial charge in [0.1, 0.15) is 11.4 Å². The van der Waals surface area contributed by atoms with E-state index in [2.05, 4.69) is 40.2 Å². The Morgan fingerprint density at radius 1 is 0.833 bits per heavy atom. The van der Waals surface area contributed by atoms with Crippen molar-refractivity contribution in [3.05, 3.63) is 96.2 Å². The molecule has 2 heterocycles. The number of benzene rings is 4. The molecule has 2 N–H and O–H groups in total. The highest BCUT2D eigenvalue weighted by Gasteiger charge is 2.24. The van der Waals surface area contributed by atoms with Crippen molar-refractivity contribution < 1.29 is 19.4 Å². The number of aryl methyl sites for hydroxylation is 1. The normalized spacial score (nSPS) is 13.5. The van der Waals surface area contributed by atoms with Crippen molar-refractivity contribution >= 4 is 39.2 Å². The Hall–Kier alpha value is -4.78. The highest BCUT2D eigenvalue weighted by atomic mass is 16.5. The molecule has 0 unspecified atom stereocenters. The molecule has 1 aromatic heterocycles. The van der Waals surface area contributed by atoms with Crippen LogP contribution >= 0.6 is 0 Å². The molecular formula is C35H35N3O4. The number of aromatic carboxylic acids is 1. The van der Waals surface area contributed by atoms with E-state index < -0.39 is 5.97 Å². The van der Waals surface area contributed by atoms with Crippen LogP contribution in [0.3, 0.4) is 0 Å². The standard InChI is InChI=1S/C35H35N3O4/c1-2-32(39)38-21-19-37(20-22-38)30-17-6-5-13-26(30)27-14-8-15-28-29(34(35(40)41)36-33(27)28)16-9-23-42-31-18-7-11-24-10-3-4-12-25(24)31/h3-8,10-15,17-18,36H,2,9,16,19-23H2,1H3,(H,40,41). The highest BCUT2D eigenvalue weighted by Crippen LogP contribution is 2.38.